The largest absolute Gasteiger partial charge is 0.396 e. The zero-order valence-corrected chi connectivity index (χ0v) is 14.7. The Labute approximate surface area is 144 Å². The number of nitrogen functional groups attached to an aromatic ring is 1. The number of nitrogens with two attached hydrogens (primary N) is 1. The van der Waals surface area contributed by atoms with Crippen molar-refractivity contribution in [2.24, 2.45) is 0 Å². The summed E-state index contributed by atoms with van der Waals surface area (Å²) in [5.41, 5.74) is 5.17. The molecule has 0 fully saturated rings. The molecule has 0 spiro atoms. The van der Waals surface area contributed by atoms with Crippen molar-refractivity contribution in [3.8, 4) is 0 Å². The van der Waals surface area contributed by atoms with Gasteiger partial charge in [0, 0.05) is 8.59 Å². The molecule has 0 amide bonds. The van der Waals surface area contributed by atoms with Crippen molar-refractivity contribution in [3.63, 3.8) is 0 Å². The van der Waals surface area contributed by atoms with Crippen LogP contribution in [-0.2, 0) is 10.0 Å². The van der Waals surface area contributed by atoms with Gasteiger partial charge in [-0.15, -0.1) is 0 Å². The molecule has 0 unspecified atom stereocenters. The predicted molar refractivity (Wildman–Crippen MR) is 90.8 cm³/mol. The second kappa shape index (κ2) is 6.15. The van der Waals surface area contributed by atoms with Gasteiger partial charge >= 0.3 is 0 Å². The first-order chi connectivity index (χ1) is 9.70. The fourth-order valence-electron chi connectivity index (χ4n) is 1.55. The van der Waals surface area contributed by atoms with E-state index in [9.17, 15) is 12.8 Å². The molecule has 0 bridgehead atoms. The summed E-state index contributed by atoms with van der Waals surface area (Å²) in [5.74, 6) is -1.06. The lowest BCUT2D eigenvalue weighted by Crippen LogP contribution is -2.15. The minimum Gasteiger partial charge on any atom is -0.396 e. The van der Waals surface area contributed by atoms with Gasteiger partial charge in [-0.05, 0) is 52.9 Å². The van der Waals surface area contributed by atoms with Crippen molar-refractivity contribution in [1.82, 2.24) is 0 Å². The Balaban J connectivity index is 2.48. The van der Waals surface area contributed by atoms with Gasteiger partial charge in [-0.2, -0.15) is 0 Å². The van der Waals surface area contributed by atoms with E-state index in [1.54, 1.807) is 12.1 Å². The number of benzene rings is 2. The Morgan fingerprint density at radius 2 is 1.86 bits per heavy atom. The van der Waals surface area contributed by atoms with E-state index < -0.39 is 20.7 Å². The third kappa shape index (κ3) is 3.71. The van der Waals surface area contributed by atoms with Crippen LogP contribution in [-0.4, -0.2) is 8.42 Å². The lowest BCUT2D eigenvalue weighted by molar-refractivity contribution is 0.573. The number of anilines is 2. The number of halogens is 4. The van der Waals surface area contributed by atoms with E-state index in [2.05, 4.69) is 4.72 Å². The summed E-state index contributed by atoms with van der Waals surface area (Å²) in [6.45, 7) is 0. The van der Waals surface area contributed by atoms with Crippen LogP contribution in [0.2, 0.25) is 10.0 Å². The molecule has 0 saturated carbocycles. The Morgan fingerprint density at radius 1 is 1.19 bits per heavy atom. The predicted octanol–water partition coefficient (Wildman–Crippen LogP) is 4.12. The highest BCUT2D eigenvalue weighted by molar-refractivity contribution is 14.1. The monoisotopic (exact) mass is 460 g/mol. The highest BCUT2D eigenvalue weighted by Gasteiger charge is 2.22. The van der Waals surface area contributed by atoms with Crippen molar-refractivity contribution >= 4 is 67.2 Å². The molecule has 0 heterocycles. The van der Waals surface area contributed by atoms with Gasteiger partial charge in [0.1, 0.15) is 4.90 Å². The van der Waals surface area contributed by atoms with Crippen LogP contribution in [0.4, 0.5) is 15.8 Å². The molecule has 0 aliphatic rings. The van der Waals surface area contributed by atoms with E-state index in [1.165, 1.54) is 6.07 Å². The van der Waals surface area contributed by atoms with Crippen LogP contribution in [0.25, 0.3) is 0 Å². The summed E-state index contributed by atoms with van der Waals surface area (Å²) in [4.78, 5) is -0.637. The van der Waals surface area contributed by atoms with Crippen molar-refractivity contribution in [1.29, 1.82) is 0 Å². The molecule has 0 aliphatic heterocycles. The molecule has 3 N–H and O–H groups in total. The second-order valence-corrected chi connectivity index (χ2v) is 7.78. The van der Waals surface area contributed by atoms with E-state index >= 15 is 0 Å². The van der Waals surface area contributed by atoms with Crippen molar-refractivity contribution in [3.05, 3.63) is 49.8 Å². The maximum Gasteiger partial charge on any atom is 0.264 e. The molecule has 0 aromatic heterocycles. The van der Waals surface area contributed by atoms with Gasteiger partial charge in [0.15, 0.2) is 5.82 Å². The smallest absolute Gasteiger partial charge is 0.264 e. The number of hydrogen-bond donors (Lipinski definition) is 2. The third-order valence-electron chi connectivity index (χ3n) is 2.50. The maximum atomic E-state index is 13.9. The zero-order valence-electron chi connectivity index (χ0n) is 10.2. The molecule has 0 radical (unpaired) electrons. The first-order valence-corrected chi connectivity index (χ1v) is 8.75. The summed E-state index contributed by atoms with van der Waals surface area (Å²) in [6, 6.07) is 6.83. The molecule has 112 valence electrons. The van der Waals surface area contributed by atoms with Gasteiger partial charge in [0.25, 0.3) is 10.0 Å². The normalized spacial score (nSPS) is 11.4. The van der Waals surface area contributed by atoms with E-state index in [0.717, 1.165) is 15.7 Å². The van der Waals surface area contributed by atoms with Crippen LogP contribution in [0, 0.1) is 9.39 Å². The number of hydrogen-bond acceptors (Lipinski definition) is 3. The minimum absolute atomic E-state index is 0.0167. The number of sulfonamides is 1. The Bertz CT molecular complexity index is 815. The average Bonchev–Trinajstić information content (AvgIpc) is 2.37. The molecule has 2 aromatic carbocycles. The lowest BCUT2D eigenvalue weighted by Gasteiger charge is -2.12. The Morgan fingerprint density at radius 3 is 2.48 bits per heavy atom. The van der Waals surface area contributed by atoms with Gasteiger partial charge in [0.05, 0.1) is 16.4 Å². The summed E-state index contributed by atoms with van der Waals surface area (Å²) in [5, 5.41) is 0.212. The van der Waals surface area contributed by atoms with Crippen LogP contribution >= 0.6 is 45.8 Å². The molecule has 21 heavy (non-hydrogen) atoms. The van der Waals surface area contributed by atoms with Crippen molar-refractivity contribution in [2.45, 2.75) is 4.90 Å². The van der Waals surface area contributed by atoms with Gasteiger partial charge < -0.3 is 5.73 Å². The highest BCUT2D eigenvalue weighted by Crippen LogP contribution is 2.29. The summed E-state index contributed by atoms with van der Waals surface area (Å²) in [7, 11) is -4.20. The van der Waals surface area contributed by atoms with Gasteiger partial charge in [-0.25, -0.2) is 12.8 Å². The molecule has 2 aromatic rings. The Hall–Kier alpha value is -0.770. The summed E-state index contributed by atoms with van der Waals surface area (Å²) < 4.78 is 41.4. The lowest BCUT2D eigenvalue weighted by atomic mass is 10.3. The van der Waals surface area contributed by atoms with Crippen LogP contribution < -0.4 is 10.5 Å². The average molecular weight is 461 g/mol. The van der Waals surface area contributed by atoms with Crippen LogP contribution in [0.15, 0.2) is 35.2 Å². The van der Waals surface area contributed by atoms with Crippen LogP contribution in [0.3, 0.4) is 0 Å². The van der Waals surface area contributed by atoms with Crippen molar-refractivity contribution in [2.75, 3.05) is 10.5 Å². The summed E-state index contributed by atoms with van der Waals surface area (Å²) in [6.07, 6.45) is 0. The molecule has 0 aliphatic carbocycles. The number of nitrogens with one attached hydrogen (secondary N) is 1. The highest BCUT2D eigenvalue weighted by atomic mass is 127. The van der Waals surface area contributed by atoms with Gasteiger partial charge in [-0.3, -0.25) is 4.72 Å². The molecule has 9 heteroatoms. The number of rotatable bonds is 3. The molecule has 2 rings (SSSR count). The molecule has 0 saturated heterocycles. The van der Waals surface area contributed by atoms with Gasteiger partial charge in [-0.1, -0.05) is 23.2 Å². The standard InChI is InChI=1S/C12H8Cl2FIN2O2S/c13-6-3-9(17)12(15)11(4-6)21(19,20)18-10-2-1-7(16)5-8(10)14/h1-5,18H,17H2. The van der Waals surface area contributed by atoms with E-state index in [0.29, 0.717) is 0 Å². The Kier molecular flexibility index (Phi) is 4.86. The molecular formula is C12H8Cl2FIN2O2S. The maximum absolute atomic E-state index is 13.9. The van der Waals surface area contributed by atoms with E-state index in [4.69, 9.17) is 28.9 Å². The fourth-order valence-corrected chi connectivity index (χ4v) is 4.02. The quantitative estimate of drug-likeness (QED) is 0.534. The molecule has 0 atom stereocenters. The first kappa shape index (κ1) is 16.6. The van der Waals surface area contributed by atoms with Crippen LogP contribution in [0.1, 0.15) is 0 Å². The second-order valence-electron chi connectivity index (χ2n) is 4.04. The summed E-state index contributed by atoms with van der Waals surface area (Å²) >= 11 is 13.7. The van der Waals surface area contributed by atoms with Crippen molar-refractivity contribution < 1.29 is 12.8 Å². The van der Waals surface area contributed by atoms with Crippen LogP contribution in [0.5, 0.6) is 0 Å². The molecular weight excluding hydrogens is 453 g/mol. The minimum atomic E-state index is -4.20. The van der Waals surface area contributed by atoms with E-state index in [-0.39, 0.29) is 21.4 Å². The SMILES string of the molecule is Nc1cc(Cl)cc(S(=O)(=O)Nc2ccc(I)cc2Cl)c1F. The topological polar surface area (TPSA) is 72.2 Å². The van der Waals surface area contributed by atoms with E-state index in [1.807, 2.05) is 22.6 Å². The third-order valence-corrected chi connectivity index (χ3v) is 5.06. The first-order valence-electron chi connectivity index (χ1n) is 5.43. The molecule has 4 nitrogen and oxygen atoms in total. The zero-order chi connectivity index (χ0) is 15.8. The van der Waals surface area contributed by atoms with Gasteiger partial charge in [0.2, 0.25) is 0 Å². The fraction of sp³-hybridized carbons (Fsp3) is 0.